The second kappa shape index (κ2) is 10.7. The van der Waals surface area contributed by atoms with Gasteiger partial charge >= 0.3 is 12.1 Å². The normalized spacial score (nSPS) is 25.7. The van der Waals surface area contributed by atoms with E-state index in [1.54, 1.807) is 12.1 Å². The van der Waals surface area contributed by atoms with Crippen molar-refractivity contribution in [1.29, 1.82) is 5.26 Å². The Kier molecular flexibility index (Phi) is 7.57. The predicted molar refractivity (Wildman–Crippen MR) is 140 cm³/mol. The fraction of sp³-hybridized carbons (Fsp3) is 0.643. The molecule has 3 heterocycles. The summed E-state index contributed by atoms with van der Waals surface area (Å²) in [5, 5.41) is 14.5. The molecule has 14 heteroatoms. The lowest BCUT2D eigenvalue weighted by Gasteiger charge is -2.42. The minimum absolute atomic E-state index is 0.00357. The minimum atomic E-state index is -5.18. The molecular weight excluding hydrogens is 557 g/mol. The van der Waals surface area contributed by atoms with Gasteiger partial charge in [0.05, 0.1) is 12.6 Å². The van der Waals surface area contributed by atoms with Crippen molar-refractivity contribution >= 4 is 29.3 Å². The van der Waals surface area contributed by atoms with Gasteiger partial charge in [-0.1, -0.05) is 26.2 Å². The highest BCUT2D eigenvalue weighted by atomic mass is 19.4. The number of hydrogen-bond acceptors (Lipinski definition) is 7. The fourth-order valence-corrected chi connectivity index (χ4v) is 6.09. The lowest BCUT2D eigenvalue weighted by Crippen LogP contribution is -2.58. The second-order valence-electron chi connectivity index (χ2n) is 12.3. The molecule has 1 spiro atoms. The molecule has 0 radical (unpaired) electrons. The first-order valence-electron chi connectivity index (χ1n) is 14.1. The van der Waals surface area contributed by atoms with Crippen molar-refractivity contribution in [1.82, 2.24) is 20.1 Å². The van der Waals surface area contributed by atoms with Crippen molar-refractivity contribution in [2.45, 2.75) is 88.2 Å². The summed E-state index contributed by atoms with van der Waals surface area (Å²) in [6.07, 6.45) is 0.299. The van der Waals surface area contributed by atoms with Gasteiger partial charge in [-0.15, -0.1) is 0 Å². The average Bonchev–Trinajstić information content (AvgIpc) is 3.68. The number of anilines is 1. The monoisotopic (exact) mass is 590 g/mol. The van der Waals surface area contributed by atoms with Crippen LogP contribution in [0.25, 0.3) is 0 Å². The van der Waals surface area contributed by atoms with E-state index in [0.717, 1.165) is 24.2 Å². The first-order valence-corrected chi connectivity index (χ1v) is 14.1. The average molecular weight is 591 g/mol. The van der Waals surface area contributed by atoms with E-state index in [9.17, 15) is 37.6 Å². The summed E-state index contributed by atoms with van der Waals surface area (Å²) in [7, 11) is 1.33. The highest BCUT2D eigenvalue weighted by Gasteiger charge is 2.57. The number of ether oxygens (including phenoxy) is 1. The molecule has 2 aliphatic heterocycles. The number of carbonyl (C=O) groups is 4. The van der Waals surface area contributed by atoms with Crippen molar-refractivity contribution in [3.05, 3.63) is 18.3 Å². The van der Waals surface area contributed by atoms with E-state index < -0.39 is 58.9 Å². The maximum atomic E-state index is 14.1. The molecule has 1 saturated heterocycles. The van der Waals surface area contributed by atoms with E-state index in [-0.39, 0.29) is 37.6 Å². The summed E-state index contributed by atoms with van der Waals surface area (Å²) < 4.78 is 45.5. The predicted octanol–water partition coefficient (Wildman–Crippen LogP) is 2.53. The van der Waals surface area contributed by atoms with E-state index in [1.807, 2.05) is 12.2 Å². The largest absolute Gasteiger partial charge is 0.471 e. The number of hydrogen-bond donors (Lipinski definition) is 2. The van der Waals surface area contributed by atoms with Crippen LogP contribution in [-0.2, 0) is 19.2 Å². The van der Waals surface area contributed by atoms with E-state index >= 15 is 0 Å². The van der Waals surface area contributed by atoms with Crippen LogP contribution in [0.3, 0.4) is 0 Å². The summed E-state index contributed by atoms with van der Waals surface area (Å²) >= 11 is 0. The Hall–Kier alpha value is -3.89. The van der Waals surface area contributed by atoms with Gasteiger partial charge in [-0.2, -0.15) is 18.4 Å². The van der Waals surface area contributed by atoms with Crippen LogP contribution in [0.1, 0.15) is 58.3 Å². The Balaban J connectivity index is 1.39. The number of amides is 4. The number of nitrogens with zero attached hydrogens (tertiary/aromatic N) is 4. The molecule has 0 aromatic carbocycles. The molecule has 2 aliphatic carbocycles. The molecule has 5 rings (SSSR count). The molecule has 3 fully saturated rings. The number of aromatic nitrogens is 1. The molecule has 1 aromatic heterocycles. The third-order valence-electron chi connectivity index (χ3n) is 8.95. The molecule has 2 saturated carbocycles. The van der Waals surface area contributed by atoms with Crippen LogP contribution in [0, 0.1) is 22.7 Å². The SMILES string of the molecule is CN(C(=O)[C@H](CC1(C)CCC1)NC(=O)C(F)(F)F)[C@@H](CC1CC1)C(=O)N1C[C@@]2(C[C@H]1C#N)Oc1ncccc1NC2=O. The number of fused-ring (bicyclic) bond motifs is 1. The van der Waals surface area contributed by atoms with Crippen molar-refractivity contribution in [2.75, 3.05) is 18.9 Å². The molecule has 2 N–H and O–H groups in total. The van der Waals surface area contributed by atoms with E-state index in [2.05, 4.69) is 16.4 Å². The van der Waals surface area contributed by atoms with Gasteiger partial charge in [-0.3, -0.25) is 19.2 Å². The number of nitrogens with one attached hydrogen (secondary N) is 2. The maximum absolute atomic E-state index is 14.1. The highest BCUT2D eigenvalue weighted by Crippen LogP contribution is 2.45. The van der Waals surface area contributed by atoms with Gasteiger partial charge in [-0.25, -0.2) is 4.98 Å². The van der Waals surface area contributed by atoms with Gasteiger partial charge in [0.1, 0.15) is 23.8 Å². The standard InChI is InChI=1S/C28H33F3N6O5/c1-26(8-4-9-26)13-19(35-25(41)28(29,30)31)22(38)36(2)20(11-16-6-7-16)23(39)37-15-27(12-17(37)14-32)24(40)34-18-5-3-10-33-21(18)42-27/h3,5,10,16-17,19-20H,4,6-9,11-13,15H2,1-2H3,(H,34,40)(H,35,41)/t17-,19-,20-,27+/m0/s1. The molecule has 11 nitrogen and oxygen atoms in total. The molecule has 4 aliphatic rings. The van der Waals surface area contributed by atoms with Crippen LogP contribution in [0.4, 0.5) is 18.9 Å². The summed E-state index contributed by atoms with van der Waals surface area (Å²) in [6, 6.07) is 1.61. The smallest absolute Gasteiger partial charge is 0.457 e. The molecule has 226 valence electrons. The lowest BCUT2D eigenvalue weighted by atomic mass is 9.66. The highest BCUT2D eigenvalue weighted by molar-refractivity contribution is 6.02. The first-order chi connectivity index (χ1) is 19.7. The van der Waals surface area contributed by atoms with Gasteiger partial charge in [0.2, 0.25) is 23.3 Å². The zero-order chi connectivity index (χ0) is 30.4. The Bertz CT molecular complexity index is 1320. The van der Waals surface area contributed by atoms with E-state index in [1.165, 1.54) is 18.1 Å². The number of carbonyl (C=O) groups excluding carboxylic acids is 4. The van der Waals surface area contributed by atoms with Crippen LogP contribution in [0.5, 0.6) is 5.88 Å². The molecule has 42 heavy (non-hydrogen) atoms. The Morgan fingerprint density at radius 2 is 2.05 bits per heavy atom. The van der Waals surface area contributed by atoms with Crippen LogP contribution in [0.15, 0.2) is 18.3 Å². The number of likely N-dealkylation sites (N-methyl/N-ethyl adjacent to an activating group) is 1. The van der Waals surface area contributed by atoms with Crippen LogP contribution in [0.2, 0.25) is 0 Å². The third-order valence-corrected chi connectivity index (χ3v) is 8.95. The number of pyridine rings is 1. The molecule has 4 amide bonds. The Morgan fingerprint density at radius 1 is 1.33 bits per heavy atom. The molecular formula is C28H33F3N6O5. The van der Waals surface area contributed by atoms with Crippen molar-refractivity contribution < 1.29 is 37.1 Å². The van der Waals surface area contributed by atoms with Gasteiger partial charge in [0.25, 0.3) is 5.91 Å². The zero-order valence-electron chi connectivity index (χ0n) is 23.4. The van der Waals surface area contributed by atoms with Gasteiger partial charge < -0.3 is 25.2 Å². The number of rotatable bonds is 8. The topological polar surface area (TPSA) is 145 Å². The van der Waals surface area contributed by atoms with Crippen molar-refractivity contribution in [2.24, 2.45) is 11.3 Å². The maximum Gasteiger partial charge on any atom is 0.471 e. The summed E-state index contributed by atoms with van der Waals surface area (Å²) in [5.41, 5.74) is -1.64. The fourth-order valence-electron chi connectivity index (χ4n) is 6.09. The zero-order valence-corrected chi connectivity index (χ0v) is 23.4. The number of likely N-dealkylation sites (tertiary alicyclic amines) is 1. The van der Waals surface area contributed by atoms with Crippen LogP contribution < -0.4 is 15.4 Å². The summed E-state index contributed by atoms with van der Waals surface area (Å²) in [6.45, 7) is 1.58. The van der Waals surface area contributed by atoms with Gasteiger partial charge in [0, 0.05) is 19.7 Å². The number of halogens is 3. The Morgan fingerprint density at radius 3 is 2.64 bits per heavy atom. The second-order valence-corrected chi connectivity index (χ2v) is 12.3. The third kappa shape index (κ3) is 5.73. The quantitative estimate of drug-likeness (QED) is 0.473. The molecule has 0 unspecified atom stereocenters. The van der Waals surface area contributed by atoms with E-state index in [0.29, 0.717) is 18.5 Å². The van der Waals surface area contributed by atoms with Gasteiger partial charge in [0.15, 0.2) is 0 Å². The first kappa shape index (κ1) is 29.6. The van der Waals surface area contributed by atoms with Crippen molar-refractivity contribution in [3.8, 4) is 11.9 Å². The van der Waals surface area contributed by atoms with Gasteiger partial charge in [-0.05, 0) is 49.1 Å². The lowest BCUT2D eigenvalue weighted by molar-refractivity contribution is -0.175. The van der Waals surface area contributed by atoms with Crippen LogP contribution in [-0.4, -0.2) is 81.9 Å². The Labute approximate surface area is 240 Å². The number of alkyl halides is 3. The van der Waals surface area contributed by atoms with E-state index in [4.69, 9.17) is 4.74 Å². The number of nitriles is 1. The molecule has 0 bridgehead atoms. The van der Waals surface area contributed by atoms with Crippen LogP contribution >= 0.6 is 0 Å². The van der Waals surface area contributed by atoms with Crippen molar-refractivity contribution in [3.63, 3.8) is 0 Å². The molecule has 4 atom stereocenters. The summed E-state index contributed by atoms with van der Waals surface area (Å²) in [5.74, 6) is -3.92. The summed E-state index contributed by atoms with van der Waals surface area (Å²) in [4.78, 5) is 59.3. The minimum Gasteiger partial charge on any atom is -0.457 e. The molecule has 1 aromatic rings.